The van der Waals surface area contributed by atoms with Crippen LogP contribution < -0.4 is 15.0 Å². The third-order valence-corrected chi connectivity index (χ3v) is 9.58. The van der Waals surface area contributed by atoms with E-state index in [1.807, 2.05) is 18.2 Å². The lowest BCUT2D eigenvalue weighted by molar-refractivity contribution is -0.163. The fraction of sp³-hybridized carbons (Fsp3) is 0.471. The SMILES string of the molecule is N#Cc1cc(-c2ncnc(Nc3ccc(N4CCN(C5COC5)CC4)cc3)n2)ccc1O[C@H]1CCN(C(=O)C2CCC(=O)C2)CC1(F)F. The number of aromatic nitrogens is 3. The number of anilines is 3. The zero-order valence-corrected chi connectivity index (χ0v) is 26.4. The Bertz CT molecular complexity index is 1710. The highest BCUT2D eigenvalue weighted by Crippen LogP contribution is 2.35. The number of Topliss-reactive ketones (excluding diaryl/α,β-unsaturated/α-hetero) is 1. The van der Waals surface area contributed by atoms with Gasteiger partial charge in [-0.3, -0.25) is 14.5 Å². The first kappa shape index (κ1) is 31.8. The molecule has 3 aliphatic heterocycles. The first-order valence-corrected chi connectivity index (χ1v) is 16.3. The van der Waals surface area contributed by atoms with Gasteiger partial charge in [-0.15, -0.1) is 0 Å². The molecule has 1 N–H and O–H groups in total. The number of ketones is 1. The van der Waals surface area contributed by atoms with Crippen LogP contribution in [0.15, 0.2) is 48.8 Å². The van der Waals surface area contributed by atoms with Gasteiger partial charge in [-0.2, -0.15) is 10.2 Å². The van der Waals surface area contributed by atoms with Crippen LogP contribution in [0, 0.1) is 17.2 Å². The van der Waals surface area contributed by atoms with Crippen LogP contribution in [0.4, 0.5) is 26.1 Å². The predicted molar refractivity (Wildman–Crippen MR) is 171 cm³/mol. The van der Waals surface area contributed by atoms with Gasteiger partial charge in [0, 0.05) is 74.8 Å². The molecule has 1 aromatic heterocycles. The second-order valence-electron chi connectivity index (χ2n) is 12.7. The van der Waals surface area contributed by atoms with Gasteiger partial charge < -0.3 is 24.6 Å². The van der Waals surface area contributed by atoms with Crippen LogP contribution in [-0.4, -0.2) is 107 Å². The van der Waals surface area contributed by atoms with Gasteiger partial charge in [0.1, 0.15) is 23.9 Å². The third-order valence-electron chi connectivity index (χ3n) is 9.58. The summed E-state index contributed by atoms with van der Waals surface area (Å²) in [6, 6.07) is 15.2. The predicted octanol–water partition coefficient (Wildman–Crippen LogP) is 3.66. The number of nitrogens with zero attached hydrogens (tertiary/aromatic N) is 7. The number of halogens is 2. The lowest BCUT2D eigenvalue weighted by Gasteiger charge is -2.43. The van der Waals surface area contributed by atoms with Crippen LogP contribution in [-0.2, 0) is 14.3 Å². The lowest BCUT2D eigenvalue weighted by Crippen LogP contribution is -2.56. The third kappa shape index (κ3) is 6.79. The van der Waals surface area contributed by atoms with Gasteiger partial charge in [0.25, 0.3) is 0 Å². The summed E-state index contributed by atoms with van der Waals surface area (Å²) in [7, 11) is 0. The maximum absolute atomic E-state index is 15.2. The molecule has 1 amide bonds. The summed E-state index contributed by atoms with van der Waals surface area (Å²) in [5, 5.41) is 13.0. The van der Waals surface area contributed by atoms with E-state index >= 15 is 8.78 Å². The fourth-order valence-electron chi connectivity index (χ4n) is 6.71. The molecule has 1 unspecified atom stereocenters. The summed E-state index contributed by atoms with van der Waals surface area (Å²) in [5.41, 5.74) is 2.49. The van der Waals surface area contributed by atoms with Crippen LogP contribution in [0.2, 0.25) is 0 Å². The van der Waals surface area contributed by atoms with E-state index in [-0.39, 0.29) is 36.5 Å². The van der Waals surface area contributed by atoms with Crippen molar-refractivity contribution in [3.63, 3.8) is 0 Å². The van der Waals surface area contributed by atoms with Gasteiger partial charge in [-0.1, -0.05) is 0 Å². The van der Waals surface area contributed by atoms with Crippen molar-refractivity contribution >= 4 is 29.0 Å². The monoisotopic (exact) mass is 658 g/mol. The van der Waals surface area contributed by atoms with Gasteiger partial charge in [-0.25, -0.2) is 18.7 Å². The Morgan fingerprint density at radius 3 is 2.50 bits per heavy atom. The Morgan fingerprint density at radius 1 is 1.04 bits per heavy atom. The highest BCUT2D eigenvalue weighted by molar-refractivity contribution is 5.90. The second-order valence-corrected chi connectivity index (χ2v) is 12.7. The number of alkyl halides is 2. The maximum Gasteiger partial charge on any atom is 0.301 e. The quantitative estimate of drug-likeness (QED) is 0.380. The minimum Gasteiger partial charge on any atom is -0.483 e. The number of piperazine rings is 1. The Labute approximate surface area is 276 Å². The van der Waals surface area contributed by atoms with E-state index in [2.05, 4.69) is 42.2 Å². The van der Waals surface area contributed by atoms with Gasteiger partial charge >= 0.3 is 5.92 Å². The average molecular weight is 659 g/mol. The molecular weight excluding hydrogens is 622 g/mol. The first-order chi connectivity index (χ1) is 23.3. The molecule has 14 heteroatoms. The number of nitriles is 1. The minimum atomic E-state index is -3.34. The molecule has 250 valence electrons. The molecule has 7 rings (SSSR count). The smallest absolute Gasteiger partial charge is 0.301 e. The molecule has 3 saturated heterocycles. The molecule has 4 heterocycles. The van der Waals surface area contributed by atoms with Gasteiger partial charge in [0.2, 0.25) is 11.9 Å². The number of hydrogen-bond donors (Lipinski definition) is 1. The molecule has 3 aromatic rings. The summed E-state index contributed by atoms with van der Waals surface area (Å²) < 4.78 is 41.4. The number of likely N-dealkylation sites (tertiary alicyclic amines) is 1. The second kappa shape index (κ2) is 13.4. The molecule has 12 nitrogen and oxygen atoms in total. The van der Waals surface area contributed by atoms with E-state index in [1.165, 1.54) is 18.5 Å². The summed E-state index contributed by atoms with van der Waals surface area (Å²) in [6.45, 7) is 4.90. The molecule has 1 aliphatic carbocycles. The Hall–Kier alpha value is -4.74. The molecule has 2 aromatic carbocycles. The lowest BCUT2D eigenvalue weighted by atomic mass is 9.99. The first-order valence-electron chi connectivity index (χ1n) is 16.3. The topological polar surface area (TPSA) is 137 Å². The van der Waals surface area contributed by atoms with Crippen molar-refractivity contribution in [1.29, 1.82) is 5.26 Å². The average Bonchev–Trinajstić information content (AvgIpc) is 3.51. The van der Waals surface area contributed by atoms with Crippen LogP contribution in [0.3, 0.4) is 0 Å². The molecule has 0 spiro atoms. The standard InChI is InChI=1S/C34H36F2N8O4/c35-34(36)20-44(32(46)23-1-7-28(45)16-23)10-9-30(34)48-29-8-2-22(15-24(29)17-37)31-38-21-39-33(41-31)40-25-3-5-26(6-4-25)42-11-13-43(14-12-42)27-18-47-19-27/h2-6,8,15,21,23,27,30H,1,7,9-14,16,18-20H2,(H,38,39,40,41)/t23?,30-/m0/s1. The van der Waals surface area contributed by atoms with E-state index in [0.717, 1.165) is 55.7 Å². The number of nitrogens with one attached hydrogen (secondary N) is 1. The highest BCUT2D eigenvalue weighted by atomic mass is 19.3. The molecule has 0 radical (unpaired) electrons. The molecule has 4 aliphatic rings. The van der Waals surface area contributed by atoms with Crippen molar-refractivity contribution < 1.29 is 27.8 Å². The van der Waals surface area contributed by atoms with Crippen molar-refractivity contribution in [2.45, 2.75) is 43.8 Å². The van der Waals surface area contributed by atoms with E-state index < -0.39 is 30.4 Å². The van der Waals surface area contributed by atoms with E-state index in [4.69, 9.17) is 9.47 Å². The van der Waals surface area contributed by atoms with Gasteiger partial charge in [-0.05, 0) is 48.9 Å². The van der Waals surface area contributed by atoms with Gasteiger partial charge in [0.15, 0.2) is 11.9 Å². The Morgan fingerprint density at radius 2 is 1.83 bits per heavy atom. The zero-order valence-electron chi connectivity index (χ0n) is 26.4. The number of benzene rings is 2. The number of ether oxygens (including phenoxy) is 2. The summed E-state index contributed by atoms with van der Waals surface area (Å²) in [5.74, 6) is -3.67. The Balaban J connectivity index is 0.972. The minimum absolute atomic E-state index is 0.0121. The largest absolute Gasteiger partial charge is 0.483 e. The summed E-state index contributed by atoms with van der Waals surface area (Å²) >= 11 is 0. The molecule has 2 atom stereocenters. The molecule has 0 bridgehead atoms. The van der Waals surface area contributed by atoms with Crippen molar-refractivity contribution in [3.05, 3.63) is 54.4 Å². The van der Waals surface area contributed by atoms with Crippen LogP contribution in [0.5, 0.6) is 5.75 Å². The van der Waals surface area contributed by atoms with Crippen LogP contribution in [0.25, 0.3) is 11.4 Å². The number of rotatable bonds is 8. The zero-order chi connectivity index (χ0) is 33.3. The Kier molecular flexibility index (Phi) is 8.89. The van der Waals surface area contributed by atoms with E-state index in [1.54, 1.807) is 6.07 Å². The molecule has 4 fully saturated rings. The van der Waals surface area contributed by atoms with Gasteiger partial charge in [0.05, 0.1) is 31.4 Å². The number of carbonyl (C=O) groups excluding carboxylic acids is 2. The number of piperidine rings is 1. The molecule has 1 saturated carbocycles. The number of hydrogen-bond acceptors (Lipinski definition) is 11. The van der Waals surface area contributed by atoms with Crippen LogP contribution in [0.1, 0.15) is 31.2 Å². The highest BCUT2D eigenvalue weighted by Gasteiger charge is 2.49. The fourth-order valence-corrected chi connectivity index (χ4v) is 6.71. The maximum atomic E-state index is 15.2. The van der Waals surface area contributed by atoms with E-state index in [0.29, 0.717) is 36.2 Å². The van der Waals surface area contributed by atoms with Crippen LogP contribution >= 0.6 is 0 Å². The van der Waals surface area contributed by atoms with Crippen molar-refractivity contribution in [3.8, 4) is 23.2 Å². The number of amides is 1. The van der Waals surface area contributed by atoms with Crippen molar-refractivity contribution in [2.75, 3.05) is 62.7 Å². The summed E-state index contributed by atoms with van der Waals surface area (Å²) in [6.07, 6.45) is 0.558. The molecular formula is C34H36F2N8O4. The molecule has 48 heavy (non-hydrogen) atoms. The normalized spacial score (nSPS) is 23.0. The van der Waals surface area contributed by atoms with E-state index in [9.17, 15) is 14.9 Å². The van der Waals surface area contributed by atoms with Crippen molar-refractivity contribution in [2.24, 2.45) is 5.92 Å². The summed E-state index contributed by atoms with van der Waals surface area (Å²) in [4.78, 5) is 43.3. The van der Waals surface area contributed by atoms with Crippen molar-refractivity contribution in [1.82, 2.24) is 24.8 Å². The number of carbonyl (C=O) groups is 2.